The van der Waals surface area contributed by atoms with E-state index in [2.05, 4.69) is 20.6 Å². The van der Waals surface area contributed by atoms with Crippen molar-refractivity contribution in [2.45, 2.75) is 20.8 Å². The molecule has 0 radical (unpaired) electrons. The second kappa shape index (κ2) is 6.18. The summed E-state index contributed by atoms with van der Waals surface area (Å²) in [6.45, 7) is 6.67. The average molecular weight is 251 g/mol. The third kappa shape index (κ3) is 3.87. The van der Waals surface area contributed by atoms with E-state index in [1.54, 1.807) is 0 Å². The Morgan fingerprint density at radius 3 is 2.44 bits per heavy atom. The van der Waals surface area contributed by atoms with Crippen LogP contribution in [0, 0.1) is 13.8 Å². The van der Waals surface area contributed by atoms with Crippen LogP contribution in [0.15, 0.2) is 0 Å². The molecule has 0 spiro atoms. The number of aryl methyl sites for hydroxylation is 1. The fraction of sp³-hybridized carbons (Fsp3) is 0.583. The largest absolute Gasteiger partial charge is 0.368 e. The average Bonchev–Trinajstić information content (AvgIpc) is 2.28. The minimum atomic E-state index is -0.0265. The maximum atomic E-state index is 10.7. The predicted molar refractivity (Wildman–Crippen MR) is 73.0 cm³/mol. The van der Waals surface area contributed by atoms with Gasteiger partial charge in [-0.2, -0.15) is 4.98 Å². The first kappa shape index (κ1) is 14.2. The quantitative estimate of drug-likeness (QED) is 0.754. The van der Waals surface area contributed by atoms with Gasteiger partial charge in [-0.1, -0.05) is 0 Å². The maximum Gasteiger partial charge on any atom is 0.227 e. The monoisotopic (exact) mass is 251 g/mol. The van der Waals surface area contributed by atoms with Crippen LogP contribution in [0.5, 0.6) is 0 Å². The molecule has 0 atom stereocenters. The van der Waals surface area contributed by atoms with E-state index in [-0.39, 0.29) is 5.91 Å². The summed E-state index contributed by atoms with van der Waals surface area (Å²) in [7, 11) is 3.82. The van der Waals surface area contributed by atoms with Crippen LogP contribution < -0.4 is 15.5 Å². The van der Waals surface area contributed by atoms with Crippen molar-refractivity contribution < 1.29 is 4.79 Å². The molecule has 100 valence electrons. The number of carbonyl (C=O) groups is 1. The molecule has 18 heavy (non-hydrogen) atoms. The molecule has 0 bridgehead atoms. The zero-order valence-corrected chi connectivity index (χ0v) is 11.7. The van der Waals surface area contributed by atoms with E-state index in [0.29, 0.717) is 19.0 Å². The van der Waals surface area contributed by atoms with Crippen molar-refractivity contribution in [1.82, 2.24) is 15.3 Å². The molecule has 0 aromatic carbocycles. The van der Waals surface area contributed by atoms with Gasteiger partial charge >= 0.3 is 0 Å². The summed E-state index contributed by atoms with van der Waals surface area (Å²) < 4.78 is 0. The molecule has 0 unspecified atom stereocenters. The highest BCUT2D eigenvalue weighted by Gasteiger charge is 2.08. The second-order valence-corrected chi connectivity index (χ2v) is 4.39. The van der Waals surface area contributed by atoms with Gasteiger partial charge in [-0.25, -0.2) is 4.98 Å². The van der Waals surface area contributed by atoms with Gasteiger partial charge < -0.3 is 15.5 Å². The van der Waals surface area contributed by atoms with Crippen LogP contribution in [-0.4, -0.2) is 43.1 Å². The topological polar surface area (TPSA) is 70.2 Å². The Morgan fingerprint density at radius 2 is 1.89 bits per heavy atom. The van der Waals surface area contributed by atoms with Crippen molar-refractivity contribution in [1.29, 1.82) is 0 Å². The zero-order valence-electron chi connectivity index (χ0n) is 11.7. The van der Waals surface area contributed by atoms with Gasteiger partial charge in [-0.3, -0.25) is 4.79 Å². The molecule has 1 amide bonds. The van der Waals surface area contributed by atoms with E-state index >= 15 is 0 Å². The summed E-state index contributed by atoms with van der Waals surface area (Å²) in [6, 6.07) is 0. The first-order valence-electron chi connectivity index (χ1n) is 5.92. The Balaban J connectivity index is 2.72. The van der Waals surface area contributed by atoms with Crippen molar-refractivity contribution in [3.8, 4) is 0 Å². The molecule has 1 aromatic rings. The molecule has 1 heterocycles. The highest BCUT2D eigenvalue weighted by Crippen LogP contribution is 2.17. The van der Waals surface area contributed by atoms with Gasteiger partial charge in [-0.15, -0.1) is 0 Å². The number of carbonyl (C=O) groups excluding carboxylic acids is 1. The molecule has 0 aliphatic carbocycles. The maximum absolute atomic E-state index is 10.7. The summed E-state index contributed by atoms with van der Waals surface area (Å²) in [5, 5.41) is 5.94. The number of anilines is 2. The number of nitrogens with one attached hydrogen (secondary N) is 2. The van der Waals surface area contributed by atoms with E-state index in [1.807, 2.05) is 32.8 Å². The minimum absolute atomic E-state index is 0.0265. The first-order valence-corrected chi connectivity index (χ1v) is 5.92. The molecule has 6 heteroatoms. The SMILES string of the molecule is CC(=O)NCCNc1nc(N(C)C)nc(C)c1C. The third-order valence-corrected chi connectivity index (χ3v) is 2.57. The van der Waals surface area contributed by atoms with Gasteiger partial charge in [0.2, 0.25) is 11.9 Å². The normalized spacial score (nSPS) is 10.1. The molecule has 0 saturated heterocycles. The van der Waals surface area contributed by atoms with Crippen molar-refractivity contribution in [3.05, 3.63) is 11.3 Å². The Morgan fingerprint density at radius 1 is 1.22 bits per heavy atom. The van der Waals surface area contributed by atoms with E-state index in [4.69, 9.17) is 0 Å². The van der Waals surface area contributed by atoms with Gasteiger partial charge in [0, 0.05) is 45.4 Å². The smallest absolute Gasteiger partial charge is 0.227 e. The van der Waals surface area contributed by atoms with E-state index < -0.39 is 0 Å². The van der Waals surface area contributed by atoms with Crippen molar-refractivity contribution in [2.75, 3.05) is 37.4 Å². The van der Waals surface area contributed by atoms with E-state index in [9.17, 15) is 4.79 Å². The Bertz CT molecular complexity index is 431. The molecule has 0 aliphatic rings. The van der Waals surface area contributed by atoms with Crippen molar-refractivity contribution in [3.63, 3.8) is 0 Å². The van der Waals surface area contributed by atoms with Gasteiger partial charge in [0.25, 0.3) is 0 Å². The zero-order chi connectivity index (χ0) is 13.7. The lowest BCUT2D eigenvalue weighted by atomic mass is 10.2. The lowest BCUT2D eigenvalue weighted by molar-refractivity contribution is -0.118. The molecule has 2 N–H and O–H groups in total. The van der Waals surface area contributed by atoms with Crippen LogP contribution in [0.1, 0.15) is 18.2 Å². The Kier molecular flexibility index (Phi) is 4.88. The van der Waals surface area contributed by atoms with Crippen molar-refractivity contribution in [2.24, 2.45) is 0 Å². The Hall–Kier alpha value is -1.85. The van der Waals surface area contributed by atoms with Crippen LogP contribution in [-0.2, 0) is 4.79 Å². The molecule has 0 aliphatic heterocycles. The first-order chi connectivity index (χ1) is 8.41. The third-order valence-electron chi connectivity index (χ3n) is 2.57. The van der Waals surface area contributed by atoms with Gasteiger partial charge in [0.15, 0.2) is 0 Å². The Labute approximate surface area is 108 Å². The number of hydrogen-bond donors (Lipinski definition) is 2. The molecular weight excluding hydrogens is 230 g/mol. The van der Waals surface area contributed by atoms with Crippen LogP contribution in [0.3, 0.4) is 0 Å². The van der Waals surface area contributed by atoms with Crippen molar-refractivity contribution >= 4 is 17.7 Å². The fourth-order valence-electron chi connectivity index (χ4n) is 1.41. The van der Waals surface area contributed by atoms with Crippen LogP contribution in [0.4, 0.5) is 11.8 Å². The standard InChI is InChI=1S/C12H21N5O/c1-8-9(2)15-12(17(4)5)16-11(8)14-7-6-13-10(3)18/h6-7H2,1-5H3,(H,13,18)(H,14,15,16). The van der Waals surface area contributed by atoms with Gasteiger partial charge in [0.05, 0.1) is 0 Å². The molecule has 1 aromatic heterocycles. The van der Waals surface area contributed by atoms with E-state index in [1.165, 1.54) is 6.92 Å². The highest BCUT2D eigenvalue weighted by atomic mass is 16.1. The van der Waals surface area contributed by atoms with Crippen LogP contribution in [0.2, 0.25) is 0 Å². The lowest BCUT2D eigenvalue weighted by Crippen LogP contribution is -2.27. The number of hydrogen-bond acceptors (Lipinski definition) is 5. The van der Waals surface area contributed by atoms with Gasteiger partial charge in [-0.05, 0) is 13.8 Å². The number of aromatic nitrogens is 2. The van der Waals surface area contributed by atoms with Crippen LogP contribution >= 0.6 is 0 Å². The minimum Gasteiger partial charge on any atom is -0.368 e. The molecule has 1 rings (SSSR count). The summed E-state index contributed by atoms with van der Waals surface area (Å²) in [6.07, 6.45) is 0. The summed E-state index contributed by atoms with van der Waals surface area (Å²) in [5.41, 5.74) is 1.99. The lowest BCUT2D eigenvalue weighted by Gasteiger charge is -2.16. The number of nitrogens with zero attached hydrogens (tertiary/aromatic N) is 3. The van der Waals surface area contributed by atoms with E-state index in [0.717, 1.165) is 17.1 Å². The fourth-order valence-corrected chi connectivity index (χ4v) is 1.41. The summed E-state index contributed by atoms with van der Waals surface area (Å²) in [4.78, 5) is 21.4. The second-order valence-electron chi connectivity index (χ2n) is 4.39. The summed E-state index contributed by atoms with van der Waals surface area (Å²) in [5.74, 6) is 1.47. The number of amides is 1. The number of rotatable bonds is 5. The van der Waals surface area contributed by atoms with Crippen LogP contribution in [0.25, 0.3) is 0 Å². The summed E-state index contributed by atoms with van der Waals surface area (Å²) >= 11 is 0. The predicted octanol–water partition coefficient (Wildman–Crippen LogP) is 0.707. The molecular formula is C12H21N5O. The molecule has 0 saturated carbocycles. The van der Waals surface area contributed by atoms with Gasteiger partial charge in [0.1, 0.15) is 5.82 Å². The molecule has 6 nitrogen and oxygen atoms in total. The highest BCUT2D eigenvalue weighted by molar-refractivity contribution is 5.72. The molecule has 0 fully saturated rings.